The van der Waals surface area contributed by atoms with Crippen LogP contribution in [0, 0.1) is 35.0 Å². The van der Waals surface area contributed by atoms with Crippen molar-refractivity contribution in [3.8, 4) is 0 Å². The van der Waals surface area contributed by atoms with E-state index in [1.807, 2.05) is 0 Å². The first-order chi connectivity index (χ1) is 16.1. The predicted molar refractivity (Wildman–Crippen MR) is 108 cm³/mol. The maximum Gasteiger partial charge on any atom is 0.313 e. The highest BCUT2D eigenvalue weighted by molar-refractivity contribution is 7.85. The number of rotatable bonds is 7. The molecule has 3 aliphatic heterocycles. The molecule has 186 valence electrons. The Morgan fingerprint density at radius 3 is 2.44 bits per heavy atom. The van der Waals surface area contributed by atoms with E-state index in [0.717, 1.165) is 12.8 Å². The quantitative estimate of drug-likeness (QED) is 0.219. The van der Waals surface area contributed by atoms with Crippen molar-refractivity contribution in [3.63, 3.8) is 0 Å². The first kappa shape index (κ1) is 22.4. The zero-order valence-electron chi connectivity index (χ0n) is 18.3. The van der Waals surface area contributed by atoms with Gasteiger partial charge in [0.05, 0.1) is 17.8 Å². The van der Waals surface area contributed by atoms with Crippen LogP contribution in [-0.4, -0.2) is 73.4 Å². The Balaban J connectivity index is 1.16. The maximum absolute atomic E-state index is 13.4. The van der Waals surface area contributed by atoms with Crippen LogP contribution < -0.4 is 0 Å². The number of Topliss-reactive ketones (excluding diaryl/α,β-unsaturated/α-hetero) is 1. The summed E-state index contributed by atoms with van der Waals surface area (Å²) in [7, 11) is -4.18. The zero-order valence-corrected chi connectivity index (χ0v) is 19.1. The van der Waals surface area contributed by atoms with Gasteiger partial charge in [0.2, 0.25) is 0 Å². The molecule has 0 aromatic heterocycles. The summed E-state index contributed by atoms with van der Waals surface area (Å²) in [6, 6.07) is 0. The molecule has 3 heterocycles. The maximum atomic E-state index is 13.4. The second-order valence-corrected chi connectivity index (χ2v) is 12.3. The molecule has 7 aliphatic rings. The lowest BCUT2D eigenvalue weighted by Gasteiger charge is -2.54. The summed E-state index contributed by atoms with van der Waals surface area (Å²) >= 11 is 0. The van der Waals surface area contributed by atoms with Gasteiger partial charge in [-0.05, 0) is 44.4 Å². The minimum atomic E-state index is -4.18. The molecule has 12 heteroatoms. The third-order valence-corrected chi connectivity index (χ3v) is 9.44. The number of ketones is 1. The van der Waals surface area contributed by atoms with Crippen molar-refractivity contribution in [2.24, 2.45) is 35.0 Å². The molecule has 0 amide bonds. The predicted octanol–water partition coefficient (Wildman–Crippen LogP) is 0.0535. The van der Waals surface area contributed by atoms with Gasteiger partial charge in [-0.2, -0.15) is 8.42 Å². The molecule has 8 atom stereocenters. The van der Waals surface area contributed by atoms with Crippen LogP contribution in [0.2, 0.25) is 0 Å². The fourth-order valence-electron chi connectivity index (χ4n) is 7.50. The largest absolute Gasteiger partial charge is 0.465 e. The van der Waals surface area contributed by atoms with E-state index in [2.05, 4.69) is 0 Å². The van der Waals surface area contributed by atoms with Crippen LogP contribution in [0.4, 0.5) is 0 Å². The average molecular weight is 499 g/mol. The van der Waals surface area contributed by atoms with Crippen molar-refractivity contribution in [2.75, 3.05) is 12.4 Å². The molecule has 34 heavy (non-hydrogen) atoms. The smallest absolute Gasteiger partial charge is 0.313 e. The number of hydrogen-bond donors (Lipinski definition) is 1. The molecular weight excluding hydrogens is 472 g/mol. The number of ether oxygens (including phenoxy) is 4. The molecular formula is C22H26O11S. The van der Waals surface area contributed by atoms with Crippen molar-refractivity contribution in [1.29, 1.82) is 0 Å². The van der Waals surface area contributed by atoms with Gasteiger partial charge in [-0.1, -0.05) is 0 Å². The van der Waals surface area contributed by atoms with E-state index in [9.17, 15) is 27.6 Å². The lowest BCUT2D eigenvalue weighted by Crippen LogP contribution is -2.56. The first-order valence-corrected chi connectivity index (χ1v) is 13.4. The van der Waals surface area contributed by atoms with Gasteiger partial charge in [0.25, 0.3) is 10.1 Å². The highest BCUT2D eigenvalue weighted by Gasteiger charge is 2.72. The first-order valence-electron chi connectivity index (χ1n) is 11.8. The molecule has 0 spiro atoms. The average Bonchev–Trinajstić information content (AvgIpc) is 3.37. The second kappa shape index (κ2) is 7.47. The molecule has 7 rings (SSSR count). The molecule has 3 saturated heterocycles. The second-order valence-electron chi connectivity index (χ2n) is 10.7. The molecule has 1 N–H and O–H groups in total. The summed E-state index contributed by atoms with van der Waals surface area (Å²) in [6.45, 7) is -0.260. The summed E-state index contributed by atoms with van der Waals surface area (Å²) in [4.78, 5) is 51.2. The topological polar surface area (TPSA) is 160 Å². The van der Waals surface area contributed by atoms with E-state index in [4.69, 9.17) is 23.5 Å². The zero-order chi connectivity index (χ0) is 24.0. The monoisotopic (exact) mass is 498 g/mol. The van der Waals surface area contributed by atoms with E-state index in [1.54, 1.807) is 0 Å². The number of carbonyl (C=O) groups is 4. The fraction of sp³-hybridized carbons (Fsp3) is 0.818. The van der Waals surface area contributed by atoms with Crippen molar-refractivity contribution >= 4 is 33.8 Å². The van der Waals surface area contributed by atoms with Gasteiger partial charge in [0, 0.05) is 11.8 Å². The molecule has 6 bridgehead atoms. The van der Waals surface area contributed by atoms with Crippen LogP contribution in [-0.2, 0) is 48.2 Å². The van der Waals surface area contributed by atoms with Crippen molar-refractivity contribution in [3.05, 3.63) is 0 Å². The van der Waals surface area contributed by atoms with Gasteiger partial charge in [0.15, 0.2) is 12.2 Å². The summed E-state index contributed by atoms with van der Waals surface area (Å²) in [5, 5.41) is 0. The van der Waals surface area contributed by atoms with Crippen LogP contribution in [0.5, 0.6) is 0 Å². The minimum absolute atomic E-state index is 0.103. The number of fused-ring (bicyclic) bond motifs is 1. The standard InChI is InChI=1S/C22H26O11S/c23-14-10-4-9-5-11(14)8-22(6-9,7-10)21(26)33-18-15-12(13-16(31-15)17(18)32-20(13)25)19(24)30-2-1-3-34(27,28)29/h9-13,15-18H,1-8H2,(H,27,28,29). The van der Waals surface area contributed by atoms with Crippen LogP contribution in [0.25, 0.3) is 0 Å². The molecule has 11 nitrogen and oxygen atoms in total. The highest BCUT2D eigenvalue weighted by atomic mass is 32.2. The van der Waals surface area contributed by atoms with E-state index in [-0.39, 0.29) is 30.6 Å². The highest BCUT2D eigenvalue weighted by Crippen LogP contribution is 2.60. The Hall–Kier alpha value is -2.05. The lowest BCUT2D eigenvalue weighted by atomic mass is 9.49. The van der Waals surface area contributed by atoms with Gasteiger partial charge in [0.1, 0.15) is 29.8 Å². The summed E-state index contributed by atoms with van der Waals surface area (Å²) in [5.74, 6) is -3.86. The lowest BCUT2D eigenvalue weighted by molar-refractivity contribution is -0.187. The van der Waals surface area contributed by atoms with Crippen molar-refractivity contribution in [1.82, 2.24) is 0 Å². The van der Waals surface area contributed by atoms with E-state index < -0.39 is 75.4 Å². The number of carbonyl (C=O) groups excluding carboxylic acids is 4. The van der Waals surface area contributed by atoms with Gasteiger partial charge >= 0.3 is 17.9 Å². The fourth-order valence-corrected chi connectivity index (χ4v) is 7.98. The molecule has 8 unspecified atom stereocenters. The van der Waals surface area contributed by atoms with Gasteiger partial charge in [-0.3, -0.25) is 23.7 Å². The Morgan fingerprint density at radius 2 is 1.76 bits per heavy atom. The Kier molecular flexibility index (Phi) is 4.93. The van der Waals surface area contributed by atoms with Crippen molar-refractivity contribution in [2.45, 2.75) is 62.9 Å². The van der Waals surface area contributed by atoms with Gasteiger partial charge in [-0.15, -0.1) is 0 Å². The SMILES string of the molecule is O=C1C2CC3CC1CC(C(=O)OC1C4OC(=O)C5C4OC1C5C(=O)OCCCS(=O)(=O)O)(C3)C2. The number of esters is 3. The van der Waals surface area contributed by atoms with Gasteiger partial charge < -0.3 is 18.9 Å². The Morgan fingerprint density at radius 1 is 1.06 bits per heavy atom. The minimum Gasteiger partial charge on any atom is -0.465 e. The third kappa shape index (κ3) is 3.32. The molecule has 7 fully saturated rings. The normalized spacial score (nSPS) is 45.5. The van der Waals surface area contributed by atoms with Gasteiger partial charge in [-0.25, -0.2) is 0 Å². The van der Waals surface area contributed by atoms with Crippen molar-refractivity contribution < 1.29 is 51.1 Å². The van der Waals surface area contributed by atoms with Crippen LogP contribution >= 0.6 is 0 Å². The molecule has 0 aromatic rings. The van der Waals surface area contributed by atoms with E-state index in [1.165, 1.54) is 0 Å². The van der Waals surface area contributed by atoms with Crippen LogP contribution in [0.3, 0.4) is 0 Å². The summed E-state index contributed by atoms with van der Waals surface area (Å²) < 4.78 is 52.9. The molecule has 0 radical (unpaired) electrons. The molecule has 4 aliphatic carbocycles. The summed E-state index contributed by atoms with van der Waals surface area (Å²) in [5.41, 5.74) is -0.722. The van der Waals surface area contributed by atoms with E-state index >= 15 is 0 Å². The van der Waals surface area contributed by atoms with E-state index in [0.29, 0.717) is 25.2 Å². The molecule has 4 saturated carbocycles. The molecule has 0 aromatic carbocycles. The Bertz CT molecular complexity index is 1050. The third-order valence-electron chi connectivity index (χ3n) is 8.64. The van der Waals surface area contributed by atoms with Crippen LogP contribution in [0.1, 0.15) is 38.5 Å². The Labute approximate surface area is 195 Å². The van der Waals surface area contributed by atoms with Crippen LogP contribution in [0.15, 0.2) is 0 Å². The summed E-state index contributed by atoms with van der Waals surface area (Å²) in [6.07, 6.45) is -0.164. The number of hydrogen-bond acceptors (Lipinski definition) is 10.